The quantitative estimate of drug-likeness (QED) is 0.483. The van der Waals surface area contributed by atoms with Crippen molar-refractivity contribution in [3.8, 4) is 0 Å². The maximum atomic E-state index is 5.52. The van der Waals surface area contributed by atoms with Crippen LogP contribution >= 0.6 is 0 Å². The van der Waals surface area contributed by atoms with Crippen molar-refractivity contribution >= 4 is 0 Å². The van der Waals surface area contributed by atoms with E-state index in [1.807, 2.05) is 0 Å². The van der Waals surface area contributed by atoms with E-state index in [4.69, 9.17) is 5.73 Å². The van der Waals surface area contributed by atoms with Gasteiger partial charge in [-0.25, -0.2) is 0 Å². The second kappa shape index (κ2) is 2.31. The predicted octanol–water partition coefficient (Wildman–Crippen LogP) is 1.26. The Balaban J connectivity index is 2.12. The van der Waals surface area contributed by atoms with Gasteiger partial charge in [0, 0.05) is 6.04 Å². The number of hydrogen-bond donors (Lipinski definition) is 1. The zero-order valence-electron chi connectivity index (χ0n) is 4.48. The normalized spacial score (nSPS) is 25.3. The topological polar surface area (TPSA) is 26.0 Å². The molecule has 1 saturated carbocycles. The molecule has 2 N–H and O–H groups in total. The molecular weight excluding hydrogens is 86.1 g/mol. The molecule has 7 heavy (non-hydrogen) atoms. The van der Waals surface area contributed by atoms with Crippen LogP contribution in [0.15, 0.2) is 0 Å². The molecule has 1 fully saturated rings. The van der Waals surface area contributed by atoms with Crippen molar-refractivity contribution in [2.45, 2.75) is 25.7 Å². The van der Waals surface area contributed by atoms with Crippen LogP contribution in [0, 0.1) is 12.5 Å². The molecule has 0 aromatic rings. The summed E-state index contributed by atoms with van der Waals surface area (Å²) in [4.78, 5) is 0. The number of rotatable bonds is 0. The molecule has 0 bridgehead atoms. The van der Waals surface area contributed by atoms with Crippen LogP contribution in [0.5, 0.6) is 0 Å². The number of nitrogens with two attached hydrogens (primary N) is 1. The SMILES string of the molecule is N[C]1C[CH]CCC1. The van der Waals surface area contributed by atoms with Crippen LogP contribution in [0.4, 0.5) is 0 Å². The van der Waals surface area contributed by atoms with Gasteiger partial charge in [-0.15, -0.1) is 0 Å². The second-order valence-corrected chi connectivity index (χ2v) is 2.04. The Kier molecular flexibility index (Phi) is 1.69. The van der Waals surface area contributed by atoms with E-state index in [0.29, 0.717) is 0 Å². The molecule has 0 unspecified atom stereocenters. The Morgan fingerprint density at radius 3 is 2.71 bits per heavy atom. The monoisotopic (exact) mass is 97.1 g/mol. The molecule has 0 spiro atoms. The lowest BCUT2D eigenvalue weighted by Crippen LogP contribution is -2.13. The van der Waals surface area contributed by atoms with Crippen molar-refractivity contribution in [2.75, 3.05) is 0 Å². The van der Waals surface area contributed by atoms with Crippen LogP contribution in [-0.4, -0.2) is 0 Å². The molecule has 0 amide bonds. The van der Waals surface area contributed by atoms with Gasteiger partial charge in [0.15, 0.2) is 0 Å². The molecule has 0 aliphatic heterocycles. The second-order valence-electron chi connectivity index (χ2n) is 2.04. The van der Waals surface area contributed by atoms with Crippen LogP contribution < -0.4 is 5.73 Å². The highest BCUT2D eigenvalue weighted by molar-refractivity contribution is 4.92. The lowest BCUT2D eigenvalue weighted by molar-refractivity contribution is 0.618. The highest BCUT2D eigenvalue weighted by Gasteiger charge is 2.07. The molecule has 0 aromatic heterocycles. The summed E-state index contributed by atoms with van der Waals surface area (Å²) >= 11 is 0. The third kappa shape index (κ3) is 1.48. The van der Waals surface area contributed by atoms with Gasteiger partial charge in [-0.2, -0.15) is 0 Å². The summed E-state index contributed by atoms with van der Waals surface area (Å²) in [6, 6.07) is 1.16. The molecular formula is C6H11N. The Morgan fingerprint density at radius 1 is 1.57 bits per heavy atom. The van der Waals surface area contributed by atoms with Crippen LogP contribution in [0.2, 0.25) is 0 Å². The molecule has 1 aliphatic carbocycles. The van der Waals surface area contributed by atoms with Gasteiger partial charge in [0.2, 0.25) is 0 Å². The van der Waals surface area contributed by atoms with Gasteiger partial charge in [0.05, 0.1) is 0 Å². The van der Waals surface area contributed by atoms with E-state index in [-0.39, 0.29) is 0 Å². The zero-order valence-corrected chi connectivity index (χ0v) is 4.48. The Labute approximate surface area is 44.9 Å². The molecule has 2 radical (unpaired) electrons. The first kappa shape index (κ1) is 5.10. The average molecular weight is 97.2 g/mol. The maximum Gasteiger partial charge on any atom is 0.0339 e. The molecule has 0 saturated heterocycles. The molecule has 1 heteroatoms. The minimum absolute atomic E-state index is 1.06. The summed E-state index contributed by atoms with van der Waals surface area (Å²) in [6.45, 7) is 0. The van der Waals surface area contributed by atoms with E-state index in [9.17, 15) is 0 Å². The van der Waals surface area contributed by atoms with Crippen molar-refractivity contribution in [1.82, 2.24) is 0 Å². The summed E-state index contributed by atoms with van der Waals surface area (Å²) in [7, 11) is 0. The van der Waals surface area contributed by atoms with E-state index in [2.05, 4.69) is 6.42 Å². The van der Waals surface area contributed by atoms with Gasteiger partial charge >= 0.3 is 0 Å². The van der Waals surface area contributed by atoms with Crippen molar-refractivity contribution in [3.63, 3.8) is 0 Å². The Morgan fingerprint density at radius 2 is 2.43 bits per heavy atom. The third-order valence-electron chi connectivity index (χ3n) is 1.31. The molecule has 0 atom stereocenters. The fraction of sp³-hybridized carbons (Fsp3) is 0.667. The molecule has 0 aromatic carbocycles. The summed E-state index contributed by atoms with van der Waals surface area (Å²) in [5.41, 5.74) is 5.52. The van der Waals surface area contributed by atoms with Gasteiger partial charge in [-0.1, -0.05) is 12.8 Å². The Bertz CT molecular complexity index is 46.1. The molecule has 1 nitrogen and oxygen atoms in total. The largest absolute Gasteiger partial charge is 0.324 e. The minimum atomic E-state index is 1.06. The third-order valence-corrected chi connectivity index (χ3v) is 1.31. The summed E-state index contributed by atoms with van der Waals surface area (Å²) in [6.07, 6.45) is 6.99. The fourth-order valence-electron chi connectivity index (χ4n) is 0.863. The lowest BCUT2D eigenvalue weighted by Gasteiger charge is -2.14. The van der Waals surface area contributed by atoms with Crippen molar-refractivity contribution < 1.29 is 0 Å². The number of hydrogen-bond acceptors (Lipinski definition) is 1. The van der Waals surface area contributed by atoms with Gasteiger partial charge < -0.3 is 5.73 Å². The first-order valence-electron chi connectivity index (χ1n) is 2.81. The molecule has 1 rings (SSSR count). The van der Waals surface area contributed by atoms with Crippen molar-refractivity contribution in [1.29, 1.82) is 0 Å². The van der Waals surface area contributed by atoms with E-state index in [1.54, 1.807) is 0 Å². The van der Waals surface area contributed by atoms with Crippen LogP contribution in [0.25, 0.3) is 0 Å². The first-order valence-corrected chi connectivity index (χ1v) is 2.81. The highest BCUT2D eigenvalue weighted by Crippen LogP contribution is 2.19. The predicted molar refractivity (Wildman–Crippen MR) is 30.2 cm³/mol. The fourth-order valence-corrected chi connectivity index (χ4v) is 0.863. The van der Waals surface area contributed by atoms with Gasteiger partial charge in [0.25, 0.3) is 0 Å². The molecule has 40 valence electrons. The maximum absolute atomic E-state index is 5.52. The average Bonchev–Trinajstić information content (AvgIpc) is 1.69. The van der Waals surface area contributed by atoms with Crippen molar-refractivity contribution in [3.05, 3.63) is 12.5 Å². The van der Waals surface area contributed by atoms with Gasteiger partial charge in [0.1, 0.15) is 0 Å². The van der Waals surface area contributed by atoms with E-state index >= 15 is 0 Å². The van der Waals surface area contributed by atoms with Crippen LogP contribution in [-0.2, 0) is 0 Å². The summed E-state index contributed by atoms with van der Waals surface area (Å²) < 4.78 is 0. The smallest absolute Gasteiger partial charge is 0.0339 e. The standard InChI is InChI=1S/C6H11N/c7-6-4-2-1-3-5-6/h2H,1,3-5,7H2. The van der Waals surface area contributed by atoms with Gasteiger partial charge in [-0.05, 0) is 19.3 Å². The summed E-state index contributed by atoms with van der Waals surface area (Å²) in [5.74, 6) is 0. The Hall–Kier alpha value is -0.0400. The first-order chi connectivity index (χ1) is 3.39. The van der Waals surface area contributed by atoms with Crippen LogP contribution in [0.1, 0.15) is 25.7 Å². The van der Waals surface area contributed by atoms with E-state index in [1.165, 1.54) is 12.8 Å². The van der Waals surface area contributed by atoms with E-state index in [0.717, 1.165) is 18.9 Å². The van der Waals surface area contributed by atoms with Crippen LogP contribution in [0.3, 0.4) is 0 Å². The van der Waals surface area contributed by atoms with Gasteiger partial charge in [-0.3, -0.25) is 0 Å². The zero-order chi connectivity index (χ0) is 5.11. The summed E-state index contributed by atoms with van der Waals surface area (Å²) in [5, 5.41) is 0. The molecule has 0 heterocycles. The van der Waals surface area contributed by atoms with E-state index < -0.39 is 0 Å². The highest BCUT2D eigenvalue weighted by atomic mass is 14.6. The van der Waals surface area contributed by atoms with Crippen molar-refractivity contribution in [2.24, 2.45) is 5.73 Å². The molecule has 1 aliphatic rings. The lowest BCUT2D eigenvalue weighted by atomic mass is 9.97. The minimum Gasteiger partial charge on any atom is -0.324 e.